The van der Waals surface area contributed by atoms with Gasteiger partial charge in [0, 0.05) is 22.3 Å². The second-order valence-corrected chi connectivity index (χ2v) is 7.36. The van der Waals surface area contributed by atoms with Gasteiger partial charge >= 0.3 is 0 Å². The molecule has 27 heavy (non-hydrogen) atoms. The van der Waals surface area contributed by atoms with Gasteiger partial charge in [0.05, 0.1) is 0 Å². The molecule has 0 aliphatic carbocycles. The fourth-order valence-electron chi connectivity index (χ4n) is 2.48. The van der Waals surface area contributed by atoms with Crippen LogP contribution in [0.15, 0.2) is 47.4 Å². The monoisotopic (exact) mass is 435 g/mol. The van der Waals surface area contributed by atoms with Gasteiger partial charge in [-0.05, 0) is 54.7 Å². The van der Waals surface area contributed by atoms with Crippen molar-refractivity contribution in [1.82, 2.24) is 5.32 Å². The van der Waals surface area contributed by atoms with Gasteiger partial charge in [-0.15, -0.1) is 0 Å². The molecule has 4 heteroatoms. The highest BCUT2D eigenvalue weighted by Gasteiger charge is 2.12. The van der Waals surface area contributed by atoms with Crippen molar-refractivity contribution in [2.24, 2.45) is 0 Å². The molecule has 0 aliphatic rings. The van der Waals surface area contributed by atoms with Crippen molar-refractivity contribution in [2.45, 2.75) is 52.9 Å². The van der Waals surface area contributed by atoms with E-state index in [4.69, 9.17) is 0 Å². The van der Waals surface area contributed by atoms with Crippen molar-refractivity contribution in [3.05, 3.63) is 70.0 Å². The Bertz CT molecular complexity index is 728. The third kappa shape index (κ3) is 7.76. The first-order valence-electron chi connectivity index (χ1n) is 9.62. The summed E-state index contributed by atoms with van der Waals surface area (Å²) in [6, 6.07) is 10.3. The average Bonchev–Trinajstić information content (AvgIpc) is 2.67. The number of aryl methyl sites for hydroxylation is 1. The van der Waals surface area contributed by atoms with Gasteiger partial charge in [-0.1, -0.05) is 68.3 Å². The largest absolute Gasteiger partial charge is 0.508 e. The number of aromatic hydroxyl groups is 1. The number of phenols is 1. The predicted octanol–water partition coefficient (Wildman–Crippen LogP) is 6.86. The molecule has 0 saturated heterocycles. The van der Waals surface area contributed by atoms with E-state index in [-0.39, 0.29) is 11.6 Å². The normalized spacial score (nSPS) is 10.1. The van der Waals surface area contributed by atoms with Crippen molar-refractivity contribution in [2.75, 3.05) is 6.54 Å². The van der Waals surface area contributed by atoms with Gasteiger partial charge < -0.3 is 10.4 Å². The molecule has 0 fully saturated rings. The summed E-state index contributed by atoms with van der Waals surface area (Å²) in [4.78, 5) is 0. The molecule has 2 rings (SSSR count). The lowest BCUT2D eigenvalue weighted by Crippen LogP contribution is -2.14. The van der Waals surface area contributed by atoms with E-state index in [0.717, 1.165) is 34.3 Å². The van der Waals surface area contributed by atoms with E-state index < -0.39 is 0 Å². The Morgan fingerprint density at radius 2 is 1.78 bits per heavy atom. The molecule has 0 aliphatic heterocycles. The van der Waals surface area contributed by atoms with Crippen LogP contribution < -0.4 is 5.32 Å². The lowest BCUT2D eigenvalue weighted by Gasteiger charge is -2.15. The molecule has 0 saturated carbocycles. The van der Waals surface area contributed by atoms with E-state index in [1.54, 1.807) is 18.2 Å². The second kappa shape index (κ2) is 12.6. The fourth-order valence-corrected chi connectivity index (χ4v) is 2.89. The Hall–Kier alpha value is -1.81. The molecule has 0 spiro atoms. The molecule has 0 bridgehead atoms. The Morgan fingerprint density at radius 3 is 2.41 bits per heavy atom. The Kier molecular flexibility index (Phi) is 10.8. The van der Waals surface area contributed by atoms with Crippen molar-refractivity contribution < 1.29 is 9.50 Å². The fraction of sp³-hybridized carbons (Fsp3) is 0.391. The van der Waals surface area contributed by atoms with E-state index in [1.807, 2.05) is 12.1 Å². The van der Waals surface area contributed by atoms with E-state index in [0.29, 0.717) is 18.4 Å². The number of benzene rings is 2. The van der Waals surface area contributed by atoms with Crippen LogP contribution in [0.3, 0.4) is 0 Å². The van der Waals surface area contributed by atoms with Crippen LogP contribution in [0.2, 0.25) is 0 Å². The van der Waals surface area contributed by atoms with Crippen LogP contribution in [0.25, 0.3) is 5.70 Å². The first kappa shape index (κ1) is 23.2. The molecular weight excluding hydrogens is 405 g/mol. The standard InChI is InChI=1S/C19H21BrFNO.C4H10/c1-3-11-22-13(2)16-5-4-6-18(21)17(16)9-7-14-12-15(20)8-10-19(14)23;1-3-4-2/h4-6,8,10,12,22-23H,2-3,7,9,11H2,1H3;3-4H2,1-2H3. The predicted molar refractivity (Wildman–Crippen MR) is 118 cm³/mol. The average molecular weight is 436 g/mol. The molecular formula is C23H31BrFNO. The summed E-state index contributed by atoms with van der Waals surface area (Å²) in [5.41, 5.74) is 2.95. The highest BCUT2D eigenvalue weighted by atomic mass is 79.9. The quantitative estimate of drug-likeness (QED) is 0.474. The zero-order valence-electron chi connectivity index (χ0n) is 16.6. The highest BCUT2D eigenvalue weighted by Crippen LogP contribution is 2.26. The summed E-state index contributed by atoms with van der Waals surface area (Å²) in [6.07, 6.45) is 4.68. The number of hydrogen-bond acceptors (Lipinski definition) is 2. The molecule has 2 nitrogen and oxygen atoms in total. The summed E-state index contributed by atoms with van der Waals surface area (Å²) in [6.45, 7) is 11.3. The molecule has 0 unspecified atom stereocenters. The molecule has 0 radical (unpaired) electrons. The maximum atomic E-state index is 14.3. The molecule has 0 amide bonds. The Labute approximate surface area is 171 Å². The van der Waals surface area contributed by atoms with Gasteiger partial charge in [0.25, 0.3) is 0 Å². The number of hydrogen-bond donors (Lipinski definition) is 2. The van der Waals surface area contributed by atoms with Crippen LogP contribution in [0.5, 0.6) is 5.75 Å². The summed E-state index contributed by atoms with van der Waals surface area (Å²) in [5, 5.41) is 13.1. The van der Waals surface area contributed by atoms with Gasteiger partial charge in [0.2, 0.25) is 0 Å². The van der Waals surface area contributed by atoms with Gasteiger partial charge in [0.1, 0.15) is 11.6 Å². The first-order chi connectivity index (χ1) is 12.9. The van der Waals surface area contributed by atoms with Gasteiger partial charge in [-0.2, -0.15) is 0 Å². The van der Waals surface area contributed by atoms with E-state index in [9.17, 15) is 9.50 Å². The summed E-state index contributed by atoms with van der Waals surface area (Å²) in [7, 11) is 0. The lowest BCUT2D eigenvalue weighted by molar-refractivity contribution is 0.467. The minimum Gasteiger partial charge on any atom is -0.508 e. The third-order valence-corrected chi connectivity index (χ3v) is 4.71. The smallest absolute Gasteiger partial charge is 0.127 e. The molecule has 0 atom stereocenters. The zero-order chi connectivity index (χ0) is 20.2. The van der Waals surface area contributed by atoms with Gasteiger partial charge in [-0.3, -0.25) is 0 Å². The highest BCUT2D eigenvalue weighted by molar-refractivity contribution is 9.10. The van der Waals surface area contributed by atoms with E-state index in [2.05, 4.69) is 48.6 Å². The summed E-state index contributed by atoms with van der Waals surface area (Å²) >= 11 is 3.39. The maximum Gasteiger partial charge on any atom is 0.127 e. The van der Waals surface area contributed by atoms with Crippen LogP contribution in [-0.4, -0.2) is 11.7 Å². The number of unbranched alkanes of at least 4 members (excludes halogenated alkanes) is 1. The molecule has 2 aromatic rings. The molecule has 148 valence electrons. The van der Waals surface area contributed by atoms with Crippen LogP contribution in [0.4, 0.5) is 4.39 Å². The van der Waals surface area contributed by atoms with Crippen LogP contribution >= 0.6 is 15.9 Å². The number of halogens is 2. The third-order valence-electron chi connectivity index (χ3n) is 4.22. The first-order valence-corrected chi connectivity index (χ1v) is 10.4. The Morgan fingerprint density at radius 1 is 1.07 bits per heavy atom. The van der Waals surface area contributed by atoms with Crippen molar-refractivity contribution in [3.8, 4) is 5.75 Å². The van der Waals surface area contributed by atoms with Crippen molar-refractivity contribution in [3.63, 3.8) is 0 Å². The van der Waals surface area contributed by atoms with E-state index >= 15 is 0 Å². The van der Waals surface area contributed by atoms with Crippen LogP contribution in [0.1, 0.15) is 56.7 Å². The van der Waals surface area contributed by atoms with Crippen LogP contribution in [0, 0.1) is 5.82 Å². The second-order valence-electron chi connectivity index (χ2n) is 6.44. The number of phenolic OH excluding ortho intramolecular Hbond substituents is 1. The zero-order valence-corrected chi connectivity index (χ0v) is 18.2. The minimum absolute atomic E-state index is 0.231. The van der Waals surface area contributed by atoms with Crippen molar-refractivity contribution in [1.29, 1.82) is 0 Å². The molecule has 2 aromatic carbocycles. The molecule has 2 N–H and O–H groups in total. The minimum atomic E-state index is -0.239. The van der Waals surface area contributed by atoms with Gasteiger partial charge in [-0.25, -0.2) is 4.39 Å². The lowest BCUT2D eigenvalue weighted by atomic mass is 9.97. The number of rotatable bonds is 8. The van der Waals surface area contributed by atoms with E-state index in [1.165, 1.54) is 18.9 Å². The molecule has 0 heterocycles. The maximum absolute atomic E-state index is 14.3. The SMILES string of the molecule is C=C(NCCC)c1cccc(F)c1CCc1cc(Br)ccc1O.CCCC. The topological polar surface area (TPSA) is 32.3 Å². The van der Waals surface area contributed by atoms with Crippen molar-refractivity contribution >= 4 is 21.6 Å². The summed E-state index contributed by atoms with van der Waals surface area (Å²) < 4.78 is 15.2. The Balaban J connectivity index is 0.000000828. The number of nitrogens with one attached hydrogen (secondary N) is 1. The summed E-state index contributed by atoms with van der Waals surface area (Å²) in [5.74, 6) is -0.00883. The molecule has 0 aromatic heterocycles. The van der Waals surface area contributed by atoms with Crippen LogP contribution in [-0.2, 0) is 12.8 Å². The van der Waals surface area contributed by atoms with Gasteiger partial charge in [0.15, 0.2) is 0 Å².